The molecular formula is C48H53ClN10O8S. The third kappa shape index (κ3) is 8.96. The molecule has 4 aliphatic rings. The number of rotatable bonds is 11. The number of ether oxygens (including phenoxy) is 2. The van der Waals surface area contributed by atoms with Crippen molar-refractivity contribution in [3.63, 3.8) is 0 Å². The summed E-state index contributed by atoms with van der Waals surface area (Å²) in [4.78, 5) is 54.0. The number of hydrogen-bond donors (Lipinski definition) is 3. The Kier molecular flexibility index (Phi) is 12.1. The second-order valence-corrected chi connectivity index (χ2v) is 21.0. The zero-order valence-corrected chi connectivity index (χ0v) is 39.7. The van der Waals surface area contributed by atoms with Crippen LogP contribution in [0.4, 0.5) is 17.1 Å². The Hall–Kier alpha value is -6.25. The normalized spacial score (nSPS) is 19.2. The lowest BCUT2D eigenvalue weighted by Gasteiger charge is -2.39. The predicted octanol–water partition coefficient (Wildman–Crippen LogP) is 6.18. The summed E-state index contributed by atoms with van der Waals surface area (Å²) in [5, 5.41) is 17.0. The molecule has 6 heterocycles. The van der Waals surface area contributed by atoms with Crippen LogP contribution in [0.5, 0.6) is 5.75 Å². The number of carbonyl (C=O) groups is 1. The fraction of sp³-hybridized carbons (Fsp3) is 0.396. The van der Waals surface area contributed by atoms with Crippen molar-refractivity contribution in [1.82, 2.24) is 33.9 Å². The number of anilines is 2. The van der Waals surface area contributed by atoms with Crippen molar-refractivity contribution in [1.29, 1.82) is 0 Å². The monoisotopic (exact) mass is 964 g/mol. The number of pyridine rings is 1. The van der Waals surface area contributed by atoms with Gasteiger partial charge in [-0.3, -0.25) is 29.5 Å². The smallest absolute Gasteiger partial charge is 0.297 e. The van der Waals surface area contributed by atoms with Gasteiger partial charge in [0.05, 0.1) is 45.8 Å². The molecule has 3 aliphatic heterocycles. The first-order valence-corrected chi connectivity index (χ1v) is 24.7. The number of aromatic nitrogens is 4. The number of morpholine rings is 1. The highest BCUT2D eigenvalue weighted by Gasteiger charge is 2.34. The molecule has 1 atom stereocenters. The first kappa shape index (κ1) is 45.5. The molecule has 0 unspecified atom stereocenters. The van der Waals surface area contributed by atoms with Gasteiger partial charge in [0.2, 0.25) is 0 Å². The summed E-state index contributed by atoms with van der Waals surface area (Å²) < 4.78 is 44.7. The van der Waals surface area contributed by atoms with Crippen LogP contribution in [-0.4, -0.2) is 127 Å². The summed E-state index contributed by atoms with van der Waals surface area (Å²) in [6.45, 7) is 11.7. The molecule has 356 valence electrons. The molecule has 10 rings (SSSR count). The Balaban J connectivity index is 0.946. The molecule has 1 aliphatic carbocycles. The Bertz CT molecular complexity index is 3170. The zero-order chi connectivity index (χ0) is 47.5. The van der Waals surface area contributed by atoms with E-state index in [0.29, 0.717) is 62.1 Å². The number of carbonyl (C=O) groups excluding carboxylic acids is 1. The number of sulfonamides is 1. The van der Waals surface area contributed by atoms with Crippen molar-refractivity contribution in [2.45, 2.75) is 44.0 Å². The maximum absolute atomic E-state index is 14.5. The highest BCUT2D eigenvalue weighted by atomic mass is 35.5. The number of H-pyrrole nitrogens is 1. The summed E-state index contributed by atoms with van der Waals surface area (Å²) in [5.41, 5.74) is 5.40. The highest BCUT2D eigenvalue weighted by Crippen LogP contribution is 2.44. The topological polar surface area (TPSA) is 202 Å². The maximum Gasteiger partial charge on any atom is 0.297 e. The molecule has 3 aromatic heterocycles. The fourth-order valence-corrected chi connectivity index (χ4v) is 11.1. The molecule has 2 fully saturated rings. The molecule has 0 spiro atoms. The first-order valence-electron chi connectivity index (χ1n) is 22.8. The van der Waals surface area contributed by atoms with E-state index >= 15 is 0 Å². The molecule has 0 saturated carbocycles. The largest absolute Gasteiger partial charge is 0.489 e. The molecule has 0 radical (unpaired) electrons. The number of aromatic amines is 1. The van der Waals surface area contributed by atoms with E-state index in [9.17, 15) is 28.1 Å². The number of nitrogens with zero attached hydrogens (tertiary/aromatic N) is 7. The third-order valence-electron chi connectivity index (χ3n) is 13.7. The Labute approximate surface area is 397 Å². The molecule has 3 N–H and O–H groups in total. The number of fused-ring (bicyclic) bond motifs is 3. The van der Waals surface area contributed by atoms with Crippen LogP contribution in [0.15, 0.2) is 88.2 Å². The molecule has 2 saturated heterocycles. The molecule has 1 amide bonds. The van der Waals surface area contributed by atoms with Crippen molar-refractivity contribution >= 4 is 72.2 Å². The lowest BCUT2D eigenvalue weighted by molar-refractivity contribution is -0.384. The van der Waals surface area contributed by atoms with Gasteiger partial charge in [0.1, 0.15) is 12.3 Å². The van der Waals surface area contributed by atoms with Gasteiger partial charge in [-0.2, -0.15) is 0 Å². The van der Waals surface area contributed by atoms with E-state index in [1.54, 1.807) is 42.2 Å². The number of piperazine rings is 1. The summed E-state index contributed by atoms with van der Waals surface area (Å²) >= 11 is 6.27. The van der Waals surface area contributed by atoms with E-state index in [0.717, 1.165) is 56.0 Å². The van der Waals surface area contributed by atoms with Gasteiger partial charge in [-0.1, -0.05) is 43.2 Å². The first-order chi connectivity index (χ1) is 32.6. The van der Waals surface area contributed by atoms with Crippen molar-refractivity contribution < 1.29 is 27.6 Å². The number of nitro benzene ring substituents is 1. The van der Waals surface area contributed by atoms with Crippen LogP contribution >= 0.6 is 11.6 Å². The number of halogens is 1. The molecule has 6 aromatic rings. The van der Waals surface area contributed by atoms with Crippen molar-refractivity contribution in [3.8, 4) is 11.4 Å². The summed E-state index contributed by atoms with van der Waals surface area (Å²) in [7, 11) is -3.17. The Morgan fingerprint density at radius 1 is 1.00 bits per heavy atom. The van der Waals surface area contributed by atoms with Gasteiger partial charge >= 0.3 is 0 Å². The summed E-state index contributed by atoms with van der Waals surface area (Å²) in [5.74, 6) is -1.03. The Morgan fingerprint density at radius 3 is 2.51 bits per heavy atom. The van der Waals surface area contributed by atoms with Crippen LogP contribution in [0.25, 0.3) is 33.3 Å². The van der Waals surface area contributed by atoms with Crippen molar-refractivity contribution in [2.24, 2.45) is 12.5 Å². The van der Waals surface area contributed by atoms with E-state index in [2.05, 4.69) is 60.7 Å². The van der Waals surface area contributed by atoms with E-state index in [1.807, 2.05) is 18.2 Å². The van der Waals surface area contributed by atoms with Gasteiger partial charge < -0.3 is 24.7 Å². The molecule has 18 nitrogen and oxygen atoms in total. The SMILES string of the molecule is Cn1c(=O)c2nc3[nH]ccc3cc2n1-c1cc(N2CCN(CC3=C(c4ccc(Cl)cc4)CC(C)(C)CC3)CC2)ccc1C(=O)NS(=O)(=O)c1cc2c(c([N+](=O)[O-])c1)N[C@H](CN1CCOCC1)CO2. The van der Waals surface area contributed by atoms with E-state index in [4.69, 9.17) is 21.1 Å². The lowest BCUT2D eigenvalue weighted by Crippen LogP contribution is -2.47. The van der Waals surface area contributed by atoms with Crippen LogP contribution in [0.2, 0.25) is 5.02 Å². The van der Waals surface area contributed by atoms with Crippen LogP contribution in [0, 0.1) is 15.5 Å². The Morgan fingerprint density at radius 2 is 1.76 bits per heavy atom. The average molecular weight is 966 g/mol. The van der Waals surface area contributed by atoms with Gasteiger partial charge in [-0.05, 0) is 78.3 Å². The van der Waals surface area contributed by atoms with Crippen molar-refractivity contribution in [3.05, 3.63) is 115 Å². The number of allylic oxidation sites excluding steroid dienone is 1. The van der Waals surface area contributed by atoms with E-state index < -0.39 is 37.0 Å². The van der Waals surface area contributed by atoms with E-state index in [-0.39, 0.29) is 46.3 Å². The molecule has 0 bridgehead atoms. The standard InChI is InChI=1S/C48H53ClN10O8S/c1-48(2)12-10-32(38(26-48)30-4-6-33(49)7-5-30)27-55-14-16-57(17-15-55)35-8-9-37(39(23-35)58-40-22-31-11-13-50-45(31)52-44(40)47(61)54(58)3)46(60)53-68(64,65)36-24-41(59(62)63)43-42(25-36)67-29-34(51-43)28-56-18-20-66-21-19-56/h4-9,11,13,22-25,34,51H,10,12,14-21,26-29H2,1-3H3,(H,50,52)(H,53,60)/t34-/m1/s1. The van der Waals surface area contributed by atoms with Crippen LogP contribution in [-0.2, 0) is 21.8 Å². The van der Waals surface area contributed by atoms with E-state index in [1.165, 1.54) is 27.5 Å². The average Bonchev–Trinajstić information content (AvgIpc) is 3.88. The molecule has 3 aromatic carbocycles. The maximum atomic E-state index is 14.5. The number of nitro groups is 1. The summed E-state index contributed by atoms with van der Waals surface area (Å²) in [6, 6.07) is 18.7. The minimum atomic E-state index is -4.73. The zero-order valence-electron chi connectivity index (χ0n) is 38.1. The quantitative estimate of drug-likeness (QED) is 0.0983. The van der Waals surface area contributed by atoms with Gasteiger partial charge in [-0.25, -0.2) is 27.5 Å². The van der Waals surface area contributed by atoms with Crippen LogP contribution in [0.3, 0.4) is 0 Å². The molecular weight excluding hydrogens is 912 g/mol. The number of nitrogens with one attached hydrogen (secondary N) is 3. The minimum Gasteiger partial charge on any atom is -0.489 e. The highest BCUT2D eigenvalue weighted by molar-refractivity contribution is 7.90. The van der Waals surface area contributed by atoms with Gasteiger partial charge in [-0.15, -0.1) is 0 Å². The number of hydrogen-bond acceptors (Lipinski definition) is 13. The summed E-state index contributed by atoms with van der Waals surface area (Å²) in [6.07, 6.45) is 4.84. The van der Waals surface area contributed by atoms with Crippen molar-refractivity contribution in [2.75, 3.05) is 82.4 Å². The van der Waals surface area contributed by atoms with Crippen LogP contribution < -0.4 is 25.2 Å². The van der Waals surface area contributed by atoms with Gasteiger partial charge in [0.25, 0.3) is 27.2 Å². The minimum absolute atomic E-state index is 0.0193. The lowest BCUT2D eigenvalue weighted by atomic mass is 9.72. The van der Waals surface area contributed by atoms with Crippen LogP contribution in [0.1, 0.15) is 49.0 Å². The predicted molar refractivity (Wildman–Crippen MR) is 261 cm³/mol. The third-order valence-corrected chi connectivity index (χ3v) is 15.2. The number of amides is 1. The van der Waals surface area contributed by atoms with Gasteiger partial charge in [0.15, 0.2) is 17.0 Å². The molecule has 68 heavy (non-hydrogen) atoms. The second kappa shape index (κ2) is 18.0. The molecule has 20 heteroatoms. The fourth-order valence-electron chi connectivity index (χ4n) is 9.97. The van der Waals surface area contributed by atoms with Gasteiger partial charge in [0, 0.05) is 93.8 Å². The second-order valence-electron chi connectivity index (χ2n) is 18.9. The number of benzene rings is 3.